The molecule has 0 aliphatic carbocycles. The molecular formula is C14H23N3O2S. The number of anilines is 1. The lowest BCUT2D eigenvalue weighted by Crippen LogP contribution is -2.41. The Hall–Kier alpha value is -1.11. The van der Waals surface area contributed by atoms with Gasteiger partial charge in [0.05, 0.1) is 4.90 Å². The van der Waals surface area contributed by atoms with Crippen molar-refractivity contribution < 1.29 is 8.42 Å². The average Bonchev–Trinajstić information content (AvgIpc) is 2.84. The van der Waals surface area contributed by atoms with E-state index in [4.69, 9.17) is 5.73 Å². The van der Waals surface area contributed by atoms with E-state index < -0.39 is 10.0 Å². The summed E-state index contributed by atoms with van der Waals surface area (Å²) >= 11 is 0. The highest BCUT2D eigenvalue weighted by atomic mass is 32.2. The molecule has 1 heterocycles. The van der Waals surface area contributed by atoms with E-state index in [0.29, 0.717) is 11.3 Å². The third-order valence-electron chi connectivity index (χ3n) is 3.59. The second-order valence-corrected chi connectivity index (χ2v) is 7.24. The SMILES string of the molecule is Cc1ccc(N)cc1S(=O)(=O)NC(C)CN1CCCC1. The van der Waals surface area contributed by atoms with Crippen molar-refractivity contribution in [1.29, 1.82) is 0 Å². The highest BCUT2D eigenvalue weighted by molar-refractivity contribution is 7.89. The van der Waals surface area contributed by atoms with Gasteiger partial charge in [-0.25, -0.2) is 13.1 Å². The van der Waals surface area contributed by atoms with Crippen LogP contribution in [0.15, 0.2) is 23.1 Å². The van der Waals surface area contributed by atoms with Crippen molar-refractivity contribution >= 4 is 15.7 Å². The first-order valence-corrected chi connectivity index (χ1v) is 8.47. The summed E-state index contributed by atoms with van der Waals surface area (Å²) in [6, 6.07) is 4.84. The maximum atomic E-state index is 12.4. The molecule has 0 bridgehead atoms. The van der Waals surface area contributed by atoms with Crippen LogP contribution in [0.25, 0.3) is 0 Å². The van der Waals surface area contributed by atoms with Gasteiger partial charge >= 0.3 is 0 Å². The molecule has 1 fully saturated rings. The van der Waals surface area contributed by atoms with Crippen molar-refractivity contribution in [2.45, 2.75) is 37.6 Å². The molecule has 0 saturated carbocycles. The summed E-state index contributed by atoms with van der Waals surface area (Å²) < 4.78 is 27.6. The van der Waals surface area contributed by atoms with Gasteiger partial charge in [0.15, 0.2) is 0 Å². The van der Waals surface area contributed by atoms with Crippen LogP contribution in [0.2, 0.25) is 0 Å². The zero-order chi connectivity index (χ0) is 14.8. The van der Waals surface area contributed by atoms with Crippen molar-refractivity contribution in [3.8, 4) is 0 Å². The largest absolute Gasteiger partial charge is 0.399 e. The standard InChI is InChI=1S/C14H23N3O2S/c1-11-5-6-13(15)9-14(11)20(18,19)16-12(2)10-17-7-3-4-8-17/h5-6,9,12,16H,3-4,7-8,10,15H2,1-2H3. The van der Waals surface area contributed by atoms with Gasteiger partial charge in [0.2, 0.25) is 10.0 Å². The van der Waals surface area contributed by atoms with E-state index in [9.17, 15) is 8.42 Å². The first-order chi connectivity index (χ1) is 9.38. The molecule has 6 heteroatoms. The lowest BCUT2D eigenvalue weighted by atomic mass is 10.2. The number of sulfonamides is 1. The molecule has 3 N–H and O–H groups in total. The third kappa shape index (κ3) is 3.71. The van der Waals surface area contributed by atoms with E-state index in [1.807, 2.05) is 6.92 Å². The van der Waals surface area contributed by atoms with Crippen LogP contribution in [-0.4, -0.2) is 39.0 Å². The third-order valence-corrected chi connectivity index (χ3v) is 5.32. The zero-order valence-corrected chi connectivity index (χ0v) is 12.9. The van der Waals surface area contributed by atoms with Gasteiger partial charge in [-0.15, -0.1) is 0 Å². The van der Waals surface area contributed by atoms with Crippen LogP contribution >= 0.6 is 0 Å². The molecule has 2 rings (SSSR count). The second kappa shape index (κ2) is 6.11. The quantitative estimate of drug-likeness (QED) is 0.804. The Morgan fingerprint density at radius 3 is 2.65 bits per heavy atom. The molecule has 0 radical (unpaired) electrons. The molecule has 20 heavy (non-hydrogen) atoms. The van der Waals surface area contributed by atoms with Crippen LogP contribution in [0.4, 0.5) is 5.69 Å². The van der Waals surface area contributed by atoms with E-state index in [-0.39, 0.29) is 10.9 Å². The summed E-state index contributed by atoms with van der Waals surface area (Å²) in [6.45, 7) is 6.55. The van der Waals surface area contributed by atoms with E-state index in [2.05, 4.69) is 9.62 Å². The Labute approximate surface area is 121 Å². The van der Waals surface area contributed by atoms with Crippen LogP contribution in [0.1, 0.15) is 25.3 Å². The molecule has 1 saturated heterocycles. The highest BCUT2D eigenvalue weighted by Crippen LogP contribution is 2.18. The van der Waals surface area contributed by atoms with Crippen molar-refractivity contribution in [1.82, 2.24) is 9.62 Å². The molecule has 1 aromatic carbocycles. The normalized spacial score (nSPS) is 18.3. The first kappa shape index (κ1) is 15.3. The fourth-order valence-corrected chi connectivity index (χ4v) is 4.14. The number of benzene rings is 1. The summed E-state index contributed by atoms with van der Waals surface area (Å²) in [7, 11) is -3.51. The maximum absolute atomic E-state index is 12.4. The smallest absolute Gasteiger partial charge is 0.241 e. The topological polar surface area (TPSA) is 75.4 Å². The predicted octanol–water partition coefficient (Wildman–Crippen LogP) is 1.34. The number of hydrogen-bond acceptors (Lipinski definition) is 4. The molecule has 0 spiro atoms. The molecule has 0 aromatic heterocycles. The van der Waals surface area contributed by atoms with Crippen LogP contribution in [-0.2, 0) is 10.0 Å². The van der Waals surface area contributed by atoms with Crippen molar-refractivity contribution in [2.24, 2.45) is 0 Å². The van der Waals surface area contributed by atoms with Gasteiger partial charge in [-0.1, -0.05) is 6.07 Å². The summed E-state index contributed by atoms with van der Waals surface area (Å²) in [4.78, 5) is 2.56. The Balaban J connectivity index is 2.08. The molecule has 1 atom stereocenters. The van der Waals surface area contributed by atoms with Gasteiger partial charge < -0.3 is 10.6 Å². The van der Waals surface area contributed by atoms with E-state index in [1.54, 1.807) is 19.1 Å². The van der Waals surface area contributed by atoms with Crippen molar-refractivity contribution in [3.63, 3.8) is 0 Å². The van der Waals surface area contributed by atoms with Gasteiger partial charge in [-0.3, -0.25) is 0 Å². The van der Waals surface area contributed by atoms with E-state index in [1.165, 1.54) is 18.9 Å². The number of nitrogens with zero attached hydrogens (tertiary/aromatic N) is 1. The number of aryl methyl sites for hydroxylation is 1. The fourth-order valence-electron chi connectivity index (χ4n) is 2.62. The van der Waals surface area contributed by atoms with E-state index >= 15 is 0 Å². The van der Waals surface area contributed by atoms with Gasteiger partial charge in [0.25, 0.3) is 0 Å². The minimum Gasteiger partial charge on any atom is -0.399 e. The Kier molecular flexibility index (Phi) is 4.67. The molecule has 5 nitrogen and oxygen atoms in total. The summed E-state index contributed by atoms with van der Waals surface area (Å²) in [5.74, 6) is 0. The zero-order valence-electron chi connectivity index (χ0n) is 12.1. The average molecular weight is 297 g/mol. The second-order valence-electron chi connectivity index (χ2n) is 5.55. The van der Waals surface area contributed by atoms with Gasteiger partial charge in [-0.05, 0) is 57.5 Å². The summed E-state index contributed by atoms with van der Waals surface area (Å²) in [5, 5.41) is 0. The summed E-state index contributed by atoms with van der Waals surface area (Å²) in [6.07, 6.45) is 2.40. The number of nitrogen functional groups attached to an aromatic ring is 1. The number of nitrogens with two attached hydrogens (primary N) is 1. The minimum atomic E-state index is -3.51. The first-order valence-electron chi connectivity index (χ1n) is 6.99. The lowest BCUT2D eigenvalue weighted by molar-refractivity contribution is 0.313. The van der Waals surface area contributed by atoms with Crippen LogP contribution in [0.5, 0.6) is 0 Å². The lowest BCUT2D eigenvalue weighted by Gasteiger charge is -2.21. The minimum absolute atomic E-state index is 0.112. The Morgan fingerprint density at radius 1 is 1.35 bits per heavy atom. The number of likely N-dealkylation sites (tertiary alicyclic amines) is 1. The molecule has 0 amide bonds. The van der Waals surface area contributed by atoms with E-state index in [0.717, 1.165) is 19.6 Å². The molecule has 1 aliphatic rings. The monoisotopic (exact) mass is 297 g/mol. The molecule has 112 valence electrons. The van der Waals surface area contributed by atoms with Gasteiger partial charge in [0.1, 0.15) is 0 Å². The molecule has 1 aromatic rings. The summed E-state index contributed by atoms with van der Waals surface area (Å²) in [5.41, 5.74) is 6.86. The van der Waals surface area contributed by atoms with Gasteiger partial charge in [-0.2, -0.15) is 0 Å². The Bertz CT molecular complexity index is 566. The molecular weight excluding hydrogens is 274 g/mol. The van der Waals surface area contributed by atoms with Crippen molar-refractivity contribution in [3.05, 3.63) is 23.8 Å². The highest BCUT2D eigenvalue weighted by Gasteiger charge is 2.22. The van der Waals surface area contributed by atoms with Crippen LogP contribution in [0.3, 0.4) is 0 Å². The Morgan fingerprint density at radius 2 is 2.00 bits per heavy atom. The molecule has 1 aliphatic heterocycles. The fraction of sp³-hybridized carbons (Fsp3) is 0.571. The van der Waals surface area contributed by atoms with Crippen LogP contribution in [0, 0.1) is 6.92 Å². The maximum Gasteiger partial charge on any atom is 0.241 e. The number of hydrogen-bond donors (Lipinski definition) is 2. The molecule has 1 unspecified atom stereocenters. The number of rotatable bonds is 5. The predicted molar refractivity (Wildman–Crippen MR) is 81.0 cm³/mol. The van der Waals surface area contributed by atoms with Crippen molar-refractivity contribution in [2.75, 3.05) is 25.4 Å². The van der Waals surface area contributed by atoms with Crippen LogP contribution < -0.4 is 10.5 Å². The number of nitrogens with one attached hydrogen (secondary N) is 1. The van der Waals surface area contributed by atoms with Gasteiger partial charge in [0, 0.05) is 18.3 Å².